The number of carboxylic acid groups (broad SMARTS) is 1. The second kappa shape index (κ2) is 16.8. The first kappa shape index (κ1) is 21.4. The molecule has 0 aliphatic heterocycles. The van der Waals surface area contributed by atoms with Crippen LogP contribution in [-0.2, 0) is 4.79 Å². The van der Waals surface area contributed by atoms with Gasteiger partial charge in [-0.2, -0.15) is 0 Å². The summed E-state index contributed by atoms with van der Waals surface area (Å²) in [5.74, 6) is -0.677. The molecule has 3 heteroatoms. The number of aliphatic carboxylic acids is 1. The van der Waals surface area contributed by atoms with Gasteiger partial charge in [-0.05, 0) is 19.3 Å². The van der Waals surface area contributed by atoms with Crippen LogP contribution in [0.25, 0.3) is 0 Å². The average Bonchev–Trinajstić information content (AvgIpc) is 2.48. The van der Waals surface area contributed by atoms with Crippen molar-refractivity contribution in [2.45, 2.75) is 116 Å². The highest BCUT2D eigenvalue weighted by molar-refractivity contribution is 5.66. The summed E-state index contributed by atoms with van der Waals surface area (Å²) in [7, 11) is 0. The lowest BCUT2D eigenvalue weighted by Gasteiger charge is -2.10. The van der Waals surface area contributed by atoms with Crippen molar-refractivity contribution in [3.05, 3.63) is 0 Å². The van der Waals surface area contributed by atoms with Crippen molar-refractivity contribution in [1.29, 1.82) is 0 Å². The summed E-state index contributed by atoms with van der Waals surface area (Å²) in [6.07, 6.45) is 17.7. The SMILES string of the molecule is CCCCCCC[C@H](O)CCCCCCCCCCC(=O)O. The van der Waals surface area contributed by atoms with Gasteiger partial charge in [0.1, 0.15) is 0 Å². The van der Waals surface area contributed by atoms with Gasteiger partial charge >= 0.3 is 5.97 Å². The third-order valence-electron chi connectivity index (χ3n) is 4.32. The summed E-state index contributed by atoms with van der Waals surface area (Å²) in [4.78, 5) is 10.4. The standard InChI is InChI=1S/C19H38O3/c1-2-3-4-9-12-15-18(20)16-13-10-7-5-6-8-11-14-17-19(21)22/h18,20H,2-17H2,1H3,(H,21,22)/t18-/m0/s1. The van der Waals surface area contributed by atoms with Crippen molar-refractivity contribution in [2.75, 3.05) is 0 Å². The molecular weight excluding hydrogens is 276 g/mol. The van der Waals surface area contributed by atoms with Gasteiger partial charge in [0.2, 0.25) is 0 Å². The van der Waals surface area contributed by atoms with Crippen LogP contribution in [0.1, 0.15) is 110 Å². The van der Waals surface area contributed by atoms with Crippen LogP contribution in [-0.4, -0.2) is 22.3 Å². The fraction of sp³-hybridized carbons (Fsp3) is 0.947. The molecule has 0 aliphatic rings. The molecular formula is C19H38O3. The highest BCUT2D eigenvalue weighted by atomic mass is 16.4. The van der Waals surface area contributed by atoms with Gasteiger partial charge in [-0.15, -0.1) is 0 Å². The number of rotatable bonds is 17. The smallest absolute Gasteiger partial charge is 0.303 e. The Morgan fingerprint density at radius 1 is 0.727 bits per heavy atom. The maximum Gasteiger partial charge on any atom is 0.303 e. The van der Waals surface area contributed by atoms with Gasteiger partial charge in [0.15, 0.2) is 0 Å². The van der Waals surface area contributed by atoms with Crippen molar-refractivity contribution < 1.29 is 15.0 Å². The quantitative estimate of drug-likeness (QED) is 0.339. The highest BCUT2D eigenvalue weighted by Gasteiger charge is 2.03. The predicted octanol–water partition coefficient (Wildman–Crippen LogP) is 5.69. The minimum Gasteiger partial charge on any atom is -0.481 e. The van der Waals surface area contributed by atoms with E-state index >= 15 is 0 Å². The Hall–Kier alpha value is -0.570. The molecule has 2 N–H and O–H groups in total. The number of hydrogen-bond acceptors (Lipinski definition) is 2. The number of carbonyl (C=O) groups is 1. The second-order valence-electron chi connectivity index (χ2n) is 6.62. The average molecular weight is 315 g/mol. The molecule has 0 aliphatic carbocycles. The van der Waals surface area contributed by atoms with E-state index < -0.39 is 5.97 Å². The van der Waals surface area contributed by atoms with Gasteiger partial charge < -0.3 is 10.2 Å². The Morgan fingerprint density at radius 2 is 1.14 bits per heavy atom. The van der Waals surface area contributed by atoms with Crippen LogP contribution >= 0.6 is 0 Å². The number of aliphatic hydroxyl groups excluding tert-OH is 1. The zero-order valence-corrected chi connectivity index (χ0v) is 14.7. The van der Waals surface area contributed by atoms with E-state index in [2.05, 4.69) is 6.92 Å². The Bertz CT molecular complexity index is 241. The Balaban J connectivity index is 3.13. The van der Waals surface area contributed by atoms with Gasteiger partial charge in [-0.3, -0.25) is 4.79 Å². The fourth-order valence-corrected chi connectivity index (χ4v) is 2.84. The summed E-state index contributed by atoms with van der Waals surface area (Å²) in [5, 5.41) is 18.4. The van der Waals surface area contributed by atoms with E-state index in [1.165, 1.54) is 57.8 Å². The Kier molecular flexibility index (Phi) is 16.4. The van der Waals surface area contributed by atoms with Gasteiger partial charge in [0.25, 0.3) is 0 Å². The molecule has 0 aromatic carbocycles. The first-order valence-electron chi connectivity index (χ1n) is 9.56. The highest BCUT2D eigenvalue weighted by Crippen LogP contribution is 2.14. The number of hydrogen-bond donors (Lipinski definition) is 2. The minimum atomic E-state index is -0.677. The van der Waals surface area contributed by atoms with E-state index in [9.17, 15) is 9.90 Å². The van der Waals surface area contributed by atoms with Gasteiger partial charge in [0.05, 0.1) is 6.10 Å². The molecule has 0 amide bonds. The summed E-state index contributed by atoms with van der Waals surface area (Å²) < 4.78 is 0. The molecule has 0 heterocycles. The van der Waals surface area contributed by atoms with Crippen LogP contribution in [0.2, 0.25) is 0 Å². The normalized spacial score (nSPS) is 12.5. The lowest BCUT2D eigenvalue weighted by Crippen LogP contribution is -2.05. The minimum absolute atomic E-state index is 0.0855. The summed E-state index contributed by atoms with van der Waals surface area (Å²) in [6.45, 7) is 2.23. The largest absolute Gasteiger partial charge is 0.481 e. The topological polar surface area (TPSA) is 57.5 Å². The lowest BCUT2D eigenvalue weighted by molar-refractivity contribution is -0.137. The maximum absolute atomic E-state index is 10.4. The van der Waals surface area contributed by atoms with Crippen molar-refractivity contribution in [1.82, 2.24) is 0 Å². The zero-order valence-electron chi connectivity index (χ0n) is 14.7. The van der Waals surface area contributed by atoms with Gasteiger partial charge in [0, 0.05) is 6.42 Å². The molecule has 0 saturated carbocycles. The molecule has 3 nitrogen and oxygen atoms in total. The molecule has 0 fully saturated rings. The van der Waals surface area contributed by atoms with Crippen LogP contribution in [0.15, 0.2) is 0 Å². The number of carboxylic acids is 1. The van der Waals surface area contributed by atoms with Crippen molar-refractivity contribution in [3.63, 3.8) is 0 Å². The fourth-order valence-electron chi connectivity index (χ4n) is 2.84. The molecule has 0 spiro atoms. The van der Waals surface area contributed by atoms with E-state index in [4.69, 9.17) is 5.11 Å². The van der Waals surface area contributed by atoms with E-state index in [-0.39, 0.29) is 6.10 Å². The van der Waals surface area contributed by atoms with Crippen LogP contribution in [0.4, 0.5) is 0 Å². The maximum atomic E-state index is 10.4. The summed E-state index contributed by atoms with van der Waals surface area (Å²) >= 11 is 0. The molecule has 0 saturated heterocycles. The van der Waals surface area contributed by atoms with E-state index in [0.29, 0.717) is 6.42 Å². The molecule has 0 rings (SSSR count). The molecule has 132 valence electrons. The molecule has 0 radical (unpaired) electrons. The first-order valence-corrected chi connectivity index (χ1v) is 9.56. The van der Waals surface area contributed by atoms with Crippen LogP contribution in [0, 0.1) is 0 Å². The molecule has 0 aromatic rings. The summed E-state index contributed by atoms with van der Waals surface area (Å²) in [5.41, 5.74) is 0. The van der Waals surface area contributed by atoms with Crippen LogP contribution < -0.4 is 0 Å². The van der Waals surface area contributed by atoms with Crippen molar-refractivity contribution >= 4 is 5.97 Å². The van der Waals surface area contributed by atoms with Crippen molar-refractivity contribution in [3.8, 4) is 0 Å². The third-order valence-corrected chi connectivity index (χ3v) is 4.32. The number of aliphatic hydroxyl groups is 1. The Labute approximate surface area is 137 Å². The Morgan fingerprint density at radius 3 is 1.59 bits per heavy atom. The van der Waals surface area contributed by atoms with Gasteiger partial charge in [-0.1, -0.05) is 84.0 Å². The molecule has 0 aromatic heterocycles. The third kappa shape index (κ3) is 17.5. The first-order chi connectivity index (χ1) is 10.7. The van der Waals surface area contributed by atoms with E-state index in [1.807, 2.05) is 0 Å². The van der Waals surface area contributed by atoms with E-state index in [1.54, 1.807) is 0 Å². The summed E-state index contributed by atoms with van der Waals surface area (Å²) in [6, 6.07) is 0. The van der Waals surface area contributed by atoms with E-state index in [0.717, 1.165) is 38.5 Å². The second-order valence-corrected chi connectivity index (χ2v) is 6.62. The lowest BCUT2D eigenvalue weighted by atomic mass is 10.0. The van der Waals surface area contributed by atoms with Crippen LogP contribution in [0.5, 0.6) is 0 Å². The molecule has 0 unspecified atom stereocenters. The predicted molar refractivity (Wildman–Crippen MR) is 93.2 cm³/mol. The van der Waals surface area contributed by atoms with Gasteiger partial charge in [-0.25, -0.2) is 0 Å². The zero-order chi connectivity index (χ0) is 16.5. The number of unbranched alkanes of at least 4 members (excludes halogenated alkanes) is 11. The monoisotopic (exact) mass is 314 g/mol. The van der Waals surface area contributed by atoms with Crippen molar-refractivity contribution in [2.24, 2.45) is 0 Å². The molecule has 22 heavy (non-hydrogen) atoms. The molecule has 1 atom stereocenters. The van der Waals surface area contributed by atoms with Crippen LogP contribution in [0.3, 0.4) is 0 Å². The molecule has 0 bridgehead atoms.